The molecule has 1 amide bonds. The molecule has 5 heteroatoms. The first-order valence-corrected chi connectivity index (χ1v) is 6.94. The van der Waals surface area contributed by atoms with E-state index in [2.05, 4.69) is 0 Å². The fourth-order valence-electron chi connectivity index (χ4n) is 1.46. The number of hydrogen-bond donors (Lipinski definition) is 1. The van der Waals surface area contributed by atoms with Crippen molar-refractivity contribution in [1.82, 2.24) is 4.90 Å². The lowest BCUT2D eigenvalue weighted by atomic mass is 10.1. The fourth-order valence-corrected chi connectivity index (χ4v) is 1.98. The van der Waals surface area contributed by atoms with Gasteiger partial charge in [0.1, 0.15) is 6.04 Å². The Bertz CT molecular complexity index is 430. The van der Waals surface area contributed by atoms with Gasteiger partial charge in [-0.05, 0) is 30.9 Å². The van der Waals surface area contributed by atoms with E-state index in [1.54, 1.807) is 23.9 Å². The summed E-state index contributed by atoms with van der Waals surface area (Å²) in [5, 5.41) is 8.87. The lowest BCUT2D eigenvalue weighted by molar-refractivity contribution is -0.141. The highest BCUT2D eigenvalue weighted by molar-refractivity contribution is 7.97. The number of carboxylic acid groups (broad SMARTS) is 1. The van der Waals surface area contributed by atoms with Crippen molar-refractivity contribution in [3.8, 4) is 0 Å². The summed E-state index contributed by atoms with van der Waals surface area (Å²) in [6.07, 6.45) is 2.02. The third-order valence-corrected chi connectivity index (χ3v) is 3.39. The van der Waals surface area contributed by atoms with Gasteiger partial charge in [0.05, 0.1) is 0 Å². The number of amides is 1. The molecule has 1 unspecified atom stereocenters. The monoisotopic (exact) mass is 267 g/mol. The maximum Gasteiger partial charge on any atom is 0.326 e. The molecule has 1 N–H and O–H groups in total. The van der Waals surface area contributed by atoms with Gasteiger partial charge in [-0.15, -0.1) is 0 Å². The van der Waals surface area contributed by atoms with Crippen LogP contribution in [0.4, 0.5) is 0 Å². The molecule has 0 saturated carbocycles. The van der Waals surface area contributed by atoms with Crippen LogP contribution in [-0.2, 0) is 10.5 Å². The Hall–Kier alpha value is -1.49. The second kappa shape index (κ2) is 6.44. The number of carbonyl (C=O) groups excluding carboxylic acids is 1. The van der Waals surface area contributed by atoms with Gasteiger partial charge < -0.3 is 10.0 Å². The van der Waals surface area contributed by atoms with Crippen molar-refractivity contribution in [2.24, 2.45) is 0 Å². The van der Waals surface area contributed by atoms with E-state index >= 15 is 0 Å². The second-order valence-corrected chi connectivity index (χ2v) is 4.93. The molecule has 1 aromatic rings. The average molecular weight is 267 g/mol. The van der Waals surface area contributed by atoms with Crippen molar-refractivity contribution in [2.45, 2.75) is 18.7 Å². The van der Waals surface area contributed by atoms with Crippen LogP contribution in [0.5, 0.6) is 0 Å². The van der Waals surface area contributed by atoms with Crippen LogP contribution < -0.4 is 0 Å². The number of thioether (sulfide) groups is 1. The fraction of sp³-hybridized carbons (Fsp3) is 0.385. The molecule has 1 aromatic carbocycles. The smallest absolute Gasteiger partial charge is 0.326 e. The molecule has 1 atom stereocenters. The molecule has 0 spiro atoms. The minimum absolute atomic E-state index is 0.277. The largest absolute Gasteiger partial charge is 0.480 e. The third kappa shape index (κ3) is 3.50. The summed E-state index contributed by atoms with van der Waals surface area (Å²) in [4.78, 5) is 24.1. The van der Waals surface area contributed by atoms with Crippen LogP contribution in [0.25, 0.3) is 0 Å². The van der Waals surface area contributed by atoms with Crippen molar-refractivity contribution in [3.05, 3.63) is 35.4 Å². The van der Waals surface area contributed by atoms with E-state index in [-0.39, 0.29) is 5.91 Å². The molecule has 0 aliphatic carbocycles. The number of benzene rings is 1. The molecule has 0 fully saturated rings. The number of carbonyl (C=O) groups is 2. The number of rotatable bonds is 5. The highest BCUT2D eigenvalue weighted by Gasteiger charge is 2.22. The zero-order valence-electron chi connectivity index (χ0n) is 10.7. The first kappa shape index (κ1) is 14.6. The number of hydrogen-bond acceptors (Lipinski definition) is 3. The molecular formula is C13H17NO3S. The predicted octanol–water partition coefficient (Wildman–Crippen LogP) is 2.09. The van der Waals surface area contributed by atoms with Crippen molar-refractivity contribution >= 4 is 23.6 Å². The van der Waals surface area contributed by atoms with E-state index in [4.69, 9.17) is 5.11 Å². The third-order valence-electron chi connectivity index (χ3n) is 2.77. The van der Waals surface area contributed by atoms with E-state index < -0.39 is 12.0 Å². The van der Waals surface area contributed by atoms with Gasteiger partial charge in [-0.25, -0.2) is 4.79 Å². The molecule has 0 heterocycles. The molecule has 18 heavy (non-hydrogen) atoms. The summed E-state index contributed by atoms with van der Waals surface area (Å²) < 4.78 is 0. The van der Waals surface area contributed by atoms with Crippen molar-refractivity contribution in [2.75, 3.05) is 13.3 Å². The van der Waals surface area contributed by atoms with Gasteiger partial charge in [-0.3, -0.25) is 4.79 Å². The van der Waals surface area contributed by atoms with Crippen molar-refractivity contribution < 1.29 is 14.7 Å². The summed E-state index contributed by atoms with van der Waals surface area (Å²) in [6, 6.07) is 6.42. The van der Waals surface area contributed by atoms with Crippen LogP contribution in [0.1, 0.15) is 22.8 Å². The standard InChI is InChI=1S/C13H17NO3S/c1-9(13(16)17)14(2)12(15)11-6-4-10(5-7-11)8-18-3/h4-7,9H,8H2,1-3H3,(H,16,17). The first-order valence-electron chi connectivity index (χ1n) is 5.55. The Labute approximate surface area is 111 Å². The van der Waals surface area contributed by atoms with Gasteiger partial charge in [-0.1, -0.05) is 12.1 Å². The van der Waals surface area contributed by atoms with Gasteiger partial charge in [0.15, 0.2) is 0 Å². The molecule has 0 aromatic heterocycles. The SMILES string of the molecule is CSCc1ccc(C(=O)N(C)C(C)C(=O)O)cc1. The highest BCUT2D eigenvalue weighted by Crippen LogP contribution is 2.12. The van der Waals surface area contributed by atoms with Crippen molar-refractivity contribution in [1.29, 1.82) is 0 Å². The summed E-state index contributed by atoms with van der Waals surface area (Å²) in [5.74, 6) is -0.388. The number of likely N-dealkylation sites (N-methyl/N-ethyl adjacent to an activating group) is 1. The van der Waals surface area contributed by atoms with Crippen LogP contribution in [0.2, 0.25) is 0 Å². The quantitative estimate of drug-likeness (QED) is 0.887. The van der Waals surface area contributed by atoms with Gasteiger partial charge in [0, 0.05) is 18.4 Å². The molecule has 4 nitrogen and oxygen atoms in total. The zero-order chi connectivity index (χ0) is 13.7. The van der Waals surface area contributed by atoms with E-state index in [0.29, 0.717) is 5.56 Å². The van der Waals surface area contributed by atoms with E-state index in [9.17, 15) is 9.59 Å². The van der Waals surface area contributed by atoms with Gasteiger partial charge in [0.2, 0.25) is 0 Å². The Balaban J connectivity index is 2.80. The minimum atomic E-state index is -1.01. The predicted molar refractivity (Wildman–Crippen MR) is 72.9 cm³/mol. The molecule has 0 aliphatic rings. The maximum atomic E-state index is 12.0. The second-order valence-electron chi connectivity index (χ2n) is 4.06. The molecule has 0 radical (unpaired) electrons. The first-order chi connectivity index (χ1) is 8.47. The lowest BCUT2D eigenvalue weighted by Crippen LogP contribution is -2.40. The summed E-state index contributed by atoms with van der Waals surface area (Å²) in [5.41, 5.74) is 1.66. The molecule has 1 rings (SSSR count). The van der Waals surface area contributed by atoms with Crippen LogP contribution in [0.15, 0.2) is 24.3 Å². The Morgan fingerprint density at radius 1 is 1.33 bits per heavy atom. The van der Waals surface area contributed by atoms with Crippen LogP contribution in [0.3, 0.4) is 0 Å². The van der Waals surface area contributed by atoms with E-state index in [1.165, 1.54) is 18.9 Å². The summed E-state index contributed by atoms with van der Waals surface area (Å²) in [6.45, 7) is 1.49. The number of carboxylic acids is 1. The molecular weight excluding hydrogens is 250 g/mol. The highest BCUT2D eigenvalue weighted by atomic mass is 32.2. The van der Waals surface area contributed by atoms with Crippen LogP contribution in [0, 0.1) is 0 Å². The minimum Gasteiger partial charge on any atom is -0.480 e. The van der Waals surface area contributed by atoms with E-state index in [0.717, 1.165) is 11.3 Å². The molecule has 0 aliphatic heterocycles. The summed E-state index contributed by atoms with van der Waals surface area (Å²) in [7, 11) is 1.50. The Kier molecular flexibility index (Phi) is 5.22. The van der Waals surface area contributed by atoms with Crippen LogP contribution >= 0.6 is 11.8 Å². The zero-order valence-corrected chi connectivity index (χ0v) is 11.5. The average Bonchev–Trinajstić information content (AvgIpc) is 2.37. The molecule has 98 valence electrons. The summed E-state index contributed by atoms with van der Waals surface area (Å²) >= 11 is 1.71. The lowest BCUT2D eigenvalue weighted by Gasteiger charge is -2.21. The molecule has 0 saturated heterocycles. The molecule has 0 bridgehead atoms. The van der Waals surface area contributed by atoms with Gasteiger partial charge in [-0.2, -0.15) is 11.8 Å². The van der Waals surface area contributed by atoms with Crippen LogP contribution in [-0.4, -0.2) is 41.2 Å². The topological polar surface area (TPSA) is 57.6 Å². The van der Waals surface area contributed by atoms with E-state index in [1.807, 2.05) is 18.4 Å². The Morgan fingerprint density at radius 3 is 2.33 bits per heavy atom. The number of nitrogens with zero attached hydrogens (tertiary/aromatic N) is 1. The van der Waals surface area contributed by atoms with Gasteiger partial charge in [0.25, 0.3) is 5.91 Å². The van der Waals surface area contributed by atoms with Crippen molar-refractivity contribution in [3.63, 3.8) is 0 Å². The maximum absolute atomic E-state index is 12.0. The Morgan fingerprint density at radius 2 is 1.89 bits per heavy atom. The normalized spacial score (nSPS) is 11.9. The number of aliphatic carboxylic acids is 1. The van der Waals surface area contributed by atoms with Gasteiger partial charge >= 0.3 is 5.97 Å².